The van der Waals surface area contributed by atoms with E-state index >= 15 is 0 Å². The van der Waals surface area contributed by atoms with Crippen molar-refractivity contribution >= 4 is 21.6 Å². The van der Waals surface area contributed by atoms with Crippen LogP contribution in [0.5, 0.6) is 0 Å². The second-order valence-electron chi connectivity index (χ2n) is 2.97. The summed E-state index contributed by atoms with van der Waals surface area (Å²) in [6.07, 6.45) is 2.10. The number of hydrogen-bond acceptors (Lipinski definition) is 2. The van der Waals surface area contributed by atoms with Crippen molar-refractivity contribution in [3.8, 4) is 0 Å². The fourth-order valence-corrected chi connectivity index (χ4v) is 2.27. The van der Waals surface area contributed by atoms with Crippen LogP contribution in [0.4, 0.5) is 0 Å². The van der Waals surface area contributed by atoms with Crippen molar-refractivity contribution in [1.29, 1.82) is 0 Å². The molecule has 0 radical (unpaired) electrons. The Balaban J connectivity index is 0.000000226. The fourth-order valence-electron chi connectivity index (χ4n) is 0.727. The van der Waals surface area contributed by atoms with Gasteiger partial charge in [0.2, 0.25) is 0 Å². The van der Waals surface area contributed by atoms with Crippen molar-refractivity contribution in [3.05, 3.63) is 35.9 Å². The molecule has 0 nitrogen and oxygen atoms in total. The molecular weight excluding hydrogens is 196 g/mol. The zero-order valence-electron chi connectivity index (χ0n) is 8.78. The van der Waals surface area contributed by atoms with Crippen molar-refractivity contribution in [3.63, 3.8) is 0 Å². The smallest absolute Gasteiger partial charge is 0.00943 e. The Hall–Kier alpha value is -0.0800. The minimum absolute atomic E-state index is 0.778. The molecule has 0 heterocycles. The summed E-state index contributed by atoms with van der Waals surface area (Å²) in [6, 6.07) is 10.3. The lowest BCUT2D eigenvalue weighted by atomic mass is 10.2. The number of hydrogen-bond donors (Lipinski definition) is 0. The molecule has 0 amide bonds. The fraction of sp³-hybridized carbons (Fsp3) is 0.455. The van der Waals surface area contributed by atoms with Crippen LogP contribution in [-0.2, 0) is 0 Å². The van der Waals surface area contributed by atoms with Crippen LogP contribution in [0.3, 0.4) is 0 Å². The first-order valence-electron chi connectivity index (χ1n) is 4.38. The molecule has 1 rings (SSSR count). The van der Waals surface area contributed by atoms with Gasteiger partial charge in [-0.05, 0) is 13.2 Å². The third kappa shape index (κ3) is 9.84. The van der Waals surface area contributed by atoms with Crippen molar-refractivity contribution < 1.29 is 0 Å². The zero-order chi connectivity index (χ0) is 10.1. The van der Waals surface area contributed by atoms with Crippen LogP contribution in [0.1, 0.15) is 19.4 Å². The summed E-state index contributed by atoms with van der Waals surface area (Å²) in [6.45, 7) is 6.47. The van der Waals surface area contributed by atoms with E-state index in [9.17, 15) is 0 Å². The van der Waals surface area contributed by atoms with E-state index in [0.717, 1.165) is 5.25 Å². The van der Waals surface area contributed by atoms with Gasteiger partial charge in [0.05, 0.1) is 0 Å². The first-order valence-corrected chi connectivity index (χ1v) is 7.00. The third-order valence-electron chi connectivity index (χ3n) is 1.23. The molecule has 0 spiro atoms. The number of benzene rings is 1. The van der Waals surface area contributed by atoms with Crippen molar-refractivity contribution in [2.24, 2.45) is 0 Å². The van der Waals surface area contributed by atoms with Crippen LogP contribution >= 0.6 is 21.6 Å². The average molecular weight is 214 g/mol. The predicted octanol–water partition coefficient (Wildman–Crippen LogP) is 4.40. The SMILES string of the molecule is CSSC(C)C.Cc1ccccc1. The van der Waals surface area contributed by atoms with E-state index in [4.69, 9.17) is 0 Å². The van der Waals surface area contributed by atoms with E-state index in [1.165, 1.54) is 5.56 Å². The lowest BCUT2D eigenvalue weighted by molar-refractivity contribution is 1.12. The van der Waals surface area contributed by atoms with Gasteiger partial charge >= 0.3 is 0 Å². The third-order valence-corrected chi connectivity index (χ3v) is 3.54. The lowest BCUT2D eigenvalue weighted by Crippen LogP contribution is -1.78. The molecule has 0 N–H and O–H groups in total. The molecule has 1 aromatic carbocycles. The molecule has 0 aliphatic rings. The van der Waals surface area contributed by atoms with Gasteiger partial charge in [0.15, 0.2) is 0 Å². The second kappa shape index (κ2) is 8.52. The molecule has 0 aliphatic heterocycles. The topological polar surface area (TPSA) is 0 Å². The molecule has 0 bridgehead atoms. The summed E-state index contributed by atoms with van der Waals surface area (Å²) in [4.78, 5) is 0. The normalized spacial score (nSPS) is 9.31. The van der Waals surface area contributed by atoms with Crippen molar-refractivity contribution in [2.45, 2.75) is 26.0 Å². The molecule has 1 aromatic rings. The van der Waals surface area contributed by atoms with Gasteiger partial charge in [-0.15, -0.1) is 0 Å². The Morgan fingerprint density at radius 2 is 1.62 bits per heavy atom. The quantitative estimate of drug-likeness (QED) is 0.669. The number of aryl methyl sites for hydroxylation is 1. The standard InChI is InChI=1S/C7H8.C4H10S2/c1-7-5-3-2-4-6-7;1-4(2)6-5-3/h2-6H,1H3;4H,1-3H3. The first-order chi connectivity index (χ1) is 6.16. The van der Waals surface area contributed by atoms with Crippen LogP contribution in [0.15, 0.2) is 30.3 Å². The summed E-state index contributed by atoms with van der Waals surface area (Å²) >= 11 is 0. The minimum Gasteiger partial charge on any atom is -0.0973 e. The summed E-state index contributed by atoms with van der Waals surface area (Å²) in [5, 5.41) is 0.778. The van der Waals surface area contributed by atoms with Crippen molar-refractivity contribution in [1.82, 2.24) is 0 Å². The highest BCUT2D eigenvalue weighted by Gasteiger charge is 1.86. The first kappa shape index (κ1) is 12.9. The van der Waals surface area contributed by atoms with Gasteiger partial charge in [-0.3, -0.25) is 0 Å². The Kier molecular flexibility index (Phi) is 8.46. The van der Waals surface area contributed by atoms with Crippen LogP contribution in [0.2, 0.25) is 0 Å². The molecule has 0 fully saturated rings. The monoisotopic (exact) mass is 214 g/mol. The average Bonchev–Trinajstić information content (AvgIpc) is 2.06. The Morgan fingerprint density at radius 3 is 1.77 bits per heavy atom. The van der Waals surface area contributed by atoms with E-state index in [-0.39, 0.29) is 0 Å². The van der Waals surface area contributed by atoms with Gasteiger partial charge in [0.1, 0.15) is 0 Å². The van der Waals surface area contributed by atoms with E-state index in [2.05, 4.69) is 39.2 Å². The molecule has 0 saturated heterocycles. The van der Waals surface area contributed by atoms with E-state index in [1.807, 2.05) is 39.8 Å². The Morgan fingerprint density at radius 1 is 1.08 bits per heavy atom. The maximum absolute atomic E-state index is 2.20. The van der Waals surface area contributed by atoms with Gasteiger partial charge < -0.3 is 0 Å². The second-order valence-corrected chi connectivity index (χ2v) is 6.01. The van der Waals surface area contributed by atoms with Crippen LogP contribution < -0.4 is 0 Å². The van der Waals surface area contributed by atoms with Gasteiger partial charge in [0.25, 0.3) is 0 Å². The Bertz CT molecular complexity index is 195. The molecule has 13 heavy (non-hydrogen) atoms. The molecule has 2 heteroatoms. The van der Waals surface area contributed by atoms with E-state index in [0.29, 0.717) is 0 Å². The predicted molar refractivity (Wildman–Crippen MR) is 67.4 cm³/mol. The van der Waals surface area contributed by atoms with Crippen LogP contribution in [0, 0.1) is 6.92 Å². The van der Waals surface area contributed by atoms with Crippen LogP contribution in [0.25, 0.3) is 0 Å². The van der Waals surface area contributed by atoms with Crippen LogP contribution in [-0.4, -0.2) is 11.5 Å². The van der Waals surface area contributed by atoms with Gasteiger partial charge in [-0.25, -0.2) is 0 Å². The largest absolute Gasteiger partial charge is 0.0973 e. The van der Waals surface area contributed by atoms with Gasteiger partial charge in [-0.1, -0.05) is 71.3 Å². The van der Waals surface area contributed by atoms with Gasteiger partial charge in [-0.2, -0.15) is 0 Å². The number of rotatable bonds is 2. The summed E-state index contributed by atoms with van der Waals surface area (Å²) in [5.74, 6) is 0. The van der Waals surface area contributed by atoms with E-state index < -0.39 is 0 Å². The summed E-state index contributed by atoms with van der Waals surface area (Å²) < 4.78 is 0. The summed E-state index contributed by atoms with van der Waals surface area (Å²) in [5.41, 5.74) is 1.32. The molecule has 0 aromatic heterocycles. The highest BCUT2D eigenvalue weighted by atomic mass is 33.1. The highest BCUT2D eigenvalue weighted by Crippen LogP contribution is 2.21. The zero-order valence-corrected chi connectivity index (χ0v) is 10.4. The molecular formula is C11H18S2. The molecule has 0 saturated carbocycles. The van der Waals surface area contributed by atoms with Gasteiger partial charge in [0, 0.05) is 5.25 Å². The molecule has 74 valence electrons. The molecule has 0 aliphatic carbocycles. The summed E-state index contributed by atoms with van der Waals surface area (Å²) in [7, 11) is 3.73. The maximum atomic E-state index is 2.20. The molecule has 0 unspecified atom stereocenters. The highest BCUT2D eigenvalue weighted by molar-refractivity contribution is 8.76. The van der Waals surface area contributed by atoms with Crippen molar-refractivity contribution in [2.75, 3.05) is 6.26 Å². The van der Waals surface area contributed by atoms with E-state index in [1.54, 1.807) is 0 Å². The molecule has 0 atom stereocenters. The lowest BCUT2D eigenvalue weighted by Gasteiger charge is -1.95. The maximum Gasteiger partial charge on any atom is 0.00943 e. The Labute approximate surface area is 89.9 Å². The minimum atomic E-state index is 0.778.